The van der Waals surface area contributed by atoms with Gasteiger partial charge in [0.2, 0.25) is 5.91 Å². The number of hydrogen-bond donors (Lipinski definition) is 0. The van der Waals surface area contributed by atoms with Crippen LogP contribution in [0.3, 0.4) is 0 Å². The Labute approximate surface area is 158 Å². The molecule has 3 aromatic rings. The fourth-order valence-corrected chi connectivity index (χ4v) is 3.69. The van der Waals surface area contributed by atoms with Gasteiger partial charge in [0.05, 0.1) is 5.69 Å². The molecule has 5 heteroatoms. The second-order valence-corrected chi connectivity index (χ2v) is 6.86. The molecule has 0 saturated carbocycles. The number of carbonyl (C=O) groups excluding carboxylic acids is 2. The van der Waals surface area contributed by atoms with Crippen LogP contribution in [-0.4, -0.2) is 41.3 Å². The van der Waals surface area contributed by atoms with Gasteiger partial charge in [-0.1, -0.05) is 30.3 Å². The molecule has 0 aliphatic carbocycles. The highest BCUT2D eigenvalue weighted by atomic mass is 16.2. The minimum absolute atomic E-state index is 0.0795. The highest BCUT2D eigenvalue weighted by Crippen LogP contribution is 2.38. The van der Waals surface area contributed by atoms with Crippen molar-refractivity contribution in [1.82, 2.24) is 9.88 Å². The van der Waals surface area contributed by atoms with Gasteiger partial charge in [0.1, 0.15) is 6.04 Å². The minimum Gasteiger partial charge on any atom is -0.344 e. The molecule has 0 N–H and O–H groups in total. The molecule has 1 aromatic heterocycles. The number of nitrogens with zero attached hydrogens (tertiary/aromatic N) is 3. The average Bonchev–Trinajstić information content (AvgIpc) is 3.00. The van der Waals surface area contributed by atoms with Gasteiger partial charge in [-0.05, 0) is 36.6 Å². The molecule has 2 heterocycles. The summed E-state index contributed by atoms with van der Waals surface area (Å²) in [5.74, 6) is -0.190. The number of pyridine rings is 1. The van der Waals surface area contributed by atoms with Gasteiger partial charge in [0, 0.05) is 42.9 Å². The maximum Gasteiger partial charge on any atom is 0.259 e. The molecule has 0 bridgehead atoms. The van der Waals surface area contributed by atoms with Crippen molar-refractivity contribution in [2.75, 3.05) is 18.5 Å². The van der Waals surface area contributed by atoms with Crippen molar-refractivity contribution in [3.05, 3.63) is 72.1 Å². The number of aromatic nitrogens is 1. The van der Waals surface area contributed by atoms with Crippen LogP contribution in [0.15, 0.2) is 60.8 Å². The third kappa shape index (κ3) is 2.95. The van der Waals surface area contributed by atoms with E-state index in [1.54, 1.807) is 30.0 Å². The highest BCUT2D eigenvalue weighted by molar-refractivity contribution is 6.26. The van der Waals surface area contributed by atoms with Crippen molar-refractivity contribution >= 4 is 28.3 Å². The number of rotatable bonds is 5. The third-order valence-corrected chi connectivity index (χ3v) is 5.14. The zero-order chi connectivity index (χ0) is 19.0. The lowest BCUT2D eigenvalue weighted by atomic mass is 10.1. The van der Waals surface area contributed by atoms with Crippen molar-refractivity contribution < 1.29 is 9.59 Å². The number of hydrogen-bond acceptors (Lipinski definition) is 3. The van der Waals surface area contributed by atoms with Crippen LogP contribution in [0.2, 0.25) is 0 Å². The number of amides is 2. The van der Waals surface area contributed by atoms with Crippen molar-refractivity contribution in [1.29, 1.82) is 0 Å². The fourth-order valence-electron chi connectivity index (χ4n) is 3.69. The molecule has 0 spiro atoms. The van der Waals surface area contributed by atoms with Crippen LogP contribution in [0.4, 0.5) is 5.69 Å². The quantitative estimate of drug-likeness (QED) is 0.702. The van der Waals surface area contributed by atoms with Gasteiger partial charge in [-0.3, -0.25) is 19.5 Å². The maximum absolute atomic E-state index is 13.0. The molecule has 2 amide bonds. The fraction of sp³-hybridized carbons (Fsp3) is 0.227. The molecule has 0 unspecified atom stereocenters. The van der Waals surface area contributed by atoms with Crippen LogP contribution in [-0.2, 0) is 11.2 Å². The zero-order valence-electron chi connectivity index (χ0n) is 15.4. The van der Waals surface area contributed by atoms with Gasteiger partial charge < -0.3 is 4.90 Å². The molecule has 2 aromatic carbocycles. The SMILES string of the molecule is C[C@H](C(=O)N(C)CCc1ccccn1)N1C(=O)c2cccc3cccc1c23. The van der Waals surface area contributed by atoms with Crippen LogP contribution in [0.25, 0.3) is 10.8 Å². The van der Waals surface area contributed by atoms with Crippen LogP contribution in [0.1, 0.15) is 23.0 Å². The Bertz CT molecular complexity index is 1010. The van der Waals surface area contributed by atoms with E-state index in [1.807, 2.05) is 54.6 Å². The van der Waals surface area contributed by atoms with E-state index in [1.165, 1.54) is 0 Å². The predicted molar refractivity (Wildman–Crippen MR) is 106 cm³/mol. The van der Waals surface area contributed by atoms with E-state index in [9.17, 15) is 9.59 Å². The molecule has 1 atom stereocenters. The maximum atomic E-state index is 13.0. The van der Waals surface area contributed by atoms with Crippen LogP contribution >= 0.6 is 0 Å². The van der Waals surface area contributed by atoms with Gasteiger partial charge >= 0.3 is 0 Å². The summed E-state index contributed by atoms with van der Waals surface area (Å²) in [4.78, 5) is 33.5. The molecule has 4 rings (SSSR count). The lowest BCUT2D eigenvalue weighted by molar-refractivity contribution is -0.130. The molecule has 136 valence electrons. The van der Waals surface area contributed by atoms with E-state index in [2.05, 4.69) is 4.98 Å². The summed E-state index contributed by atoms with van der Waals surface area (Å²) in [6.07, 6.45) is 2.43. The summed E-state index contributed by atoms with van der Waals surface area (Å²) in [6, 6.07) is 16.7. The molecule has 27 heavy (non-hydrogen) atoms. The number of anilines is 1. The predicted octanol–water partition coefficient (Wildman–Crippen LogP) is 3.28. The van der Waals surface area contributed by atoms with Crippen molar-refractivity contribution in [3.8, 4) is 0 Å². The monoisotopic (exact) mass is 359 g/mol. The molecule has 1 aliphatic rings. The van der Waals surface area contributed by atoms with E-state index in [-0.39, 0.29) is 11.8 Å². The Morgan fingerprint density at radius 2 is 1.89 bits per heavy atom. The Balaban J connectivity index is 1.54. The van der Waals surface area contributed by atoms with E-state index < -0.39 is 6.04 Å². The molecular formula is C22H21N3O2. The smallest absolute Gasteiger partial charge is 0.259 e. The van der Waals surface area contributed by atoms with E-state index in [0.29, 0.717) is 18.5 Å². The largest absolute Gasteiger partial charge is 0.344 e. The van der Waals surface area contributed by atoms with Crippen LogP contribution < -0.4 is 4.90 Å². The second kappa shape index (κ2) is 6.83. The lowest BCUT2D eigenvalue weighted by Gasteiger charge is -2.28. The molecular weight excluding hydrogens is 338 g/mol. The van der Waals surface area contributed by atoms with Gasteiger partial charge in [-0.25, -0.2) is 0 Å². The minimum atomic E-state index is -0.566. The Morgan fingerprint density at radius 3 is 2.63 bits per heavy atom. The normalized spacial score (nSPS) is 13.9. The van der Waals surface area contributed by atoms with E-state index in [4.69, 9.17) is 0 Å². The van der Waals surface area contributed by atoms with E-state index in [0.717, 1.165) is 22.2 Å². The number of carbonyl (C=O) groups is 2. The van der Waals surface area contributed by atoms with Crippen molar-refractivity contribution in [3.63, 3.8) is 0 Å². The topological polar surface area (TPSA) is 53.5 Å². The van der Waals surface area contributed by atoms with Gasteiger partial charge in [-0.15, -0.1) is 0 Å². The highest BCUT2D eigenvalue weighted by Gasteiger charge is 2.36. The van der Waals surface area contributed by atoms with Gasteiger partial charge in [0.15, 0.2) is 0 Å². The Kier molecular flexibility index (Phi) is 4.36. The lowest BCUT2D eigenvalue weighted by Crippen LogP contribution is -2.47. The summed E-state index contributed by atoms with van der Waals surface area (Å²) in [6.45, 7) is 2.35. The molecule has 5 nitrogen and oxygen atoms in total. The summed E-state index contributed by atoms with van der Waals surface area (Å²) < 4.78 is 0. The van der Waals surface area contributed by atoms with E-state index >= 15 is 0 Å². The van der Waals surface area contributed by atoms with Crippen molar-refractivity contribution in [2.24, 2.45) is 0 Å². The standard InChI is InChI=1S/C22H21N3O2/c1-15(21(26)24(2)14-12-17-9-3-4-13-23-17)25-19-11-6-8-16-7-5-10-18(20(16)19)22(25)27/h3-11,13,15H,12,14H2,1-2H3/t15-/m1/s1. The molecule has 0 radical (unpaired) electrons. The van der Waals surface area contributed by atoms with Crippen LogP contribution in [0.5, 0.6) is 0 Å². The summed E-state index contributed by atoms with van der Waals surface area (Å²) in [5, 5.41) is 1.95. The van der Waals surface area contributed by atoms with Crippen molar-refractivity contribution in [2.45, 2.75) is 19.4 Å². The summed E-state index contributed by atoms with van der Waals surface area (Å²) in [7, 11) is 1.77. The molecule has 1 aliphatic heterocycles. The summed E-state index contributed by atoms with van der Waals surface area (Å²) >= 11 is 0. The Morgan fingerprint density at radius 1 is 1.11 bits per heavy atom. The van der Waals surface area contributed by atoms with Gasteiger partial charge in [-0.2, -0.15) is 0 Å². The summed E-state index contributed by atoms with van der Waals surface area (Å²) in [5.41, 5.74) is 2.42. The Hall–Kier alpha value is -3.21. The van der Waals surface area contributed by atoms with Gasteiger partial charge in [0.25, 0.3) is 5.91 Å². The molecule has 0 fully saturated rings. The molecule has 0 saturated heterocycles. The first-order chi connectivity index (χ1) is 13.1. The second-order valence-electron chi connectivity index (χ2n) is 6.86. The first kappa shape index (κ1) is 17.2. The third-order valence-electron chi connectivity index (χ3n) is 5.14. The average molecular weight is 359 g/mol. The van der Waals surface area contributed by atoms with Crippen LogP contribution in [0, 0.1) is 0 Å². The number of benzene rings is 2. The zero-order valence-corrected chi connectivity index (χ0v) is 15.4. The number of likely N-dealkylation sites (N-methyl/N-ethyl adjacent to an activating group) is 1. The first-order valence-corrected chi connectivity index (χ1v) is 9.08. The first-order valence-electron chi connectivity index (χ1n) is 9.08.